The Hall–Kier alpha value is -4.19. The second kappa shape index (κ2) is 17.7. The lowest BCUT2D eigenvalue weighted by atomic mass is 10.1. The number of carboxylic acid groups (broad SMARTS) is 1. The van der Waals surface area contributed by atoms with Gasteiger partial charge in [-0.25, -0.2) is 28.1 Å². The van der Waals surface area contributed by atoms with Gasteiger partial charge < -0.3 is 28.6 Å². The summed E-state index contributed by atoms with van der Waals surface area (Å²) in [5.41, 5.74) is -4.25. The zero-order chi connectivity index (χ0) is 41.7. The molecule has 2 amide bonds. The molecule has 0 aliphatic carbocycles. The van der Waals surface area contributed by atoms with E-state index in [9.17, 15) is 33.6 Å². The van der Waals surface area contributed by atoms with E-state index in [1.165, 1.54) is 12.1 Å². The fourth-order valence-corrected chi connectivity index (χ4v) is 7.97. The molecule has 2 unspecified atom stereocenters. The lowest BCUT2D eigenvalue weighted by Crippen LogP contribution is -2.45. The third kappa shape index (κ3) is 13.5. The molecule has 6 atom stereocenters. The quantitative estimate of drug-likeness (QED) is 0.124. The molecule has 1 aliphatic heterocycles. The Bertz CT molecular complexity index is 1760. The smallest absolute Gasteiger partial charge is 0.480 e. The van der Waals surface area contributed by atoms with Crippen molar-refractivity contribution in [2.45, 2.75) is 122 Å². The van der Waals surface area contributed by atoms with Gasteiger partial charge in [0, 0.05) is 6.20 Å². The number of thioether (sulfide) groups is 1. The highest BCUT2D eigenvalue weighted by atomic mass is 32.2. The van der Waals surface area contributed by atoms with Crippen molar-refractivity contribution in [1.29, 1.82) is 0 Å². The number of aliphatic carboxylic acids is 1. The molecule has 2 aromatic rings. The number of carboxylic acids is 1. The lowest BCUT2D eigenvalue weighted by Gasteiger charge is -2.28. The first-order valence-electron chi connectivity index (χ1n) is 17.2. The first-order valence-corrected chi connectivity index (χ1v) is 19.7. The molecular weight excluding hydrogens is 766 g/mol. The highest BCUT2D eigenvalue weighted by Crippen LogP contribution is 2.50. The number of aromatic nitrogens is 2. The van der Waals surface area contributed by atoms with Gasteiger partial charge in [0.05, 0.1) is 11.9 Å². The molecule has 1 aliphatic rings. The zero-order valence-electron chi connectivity index (χ0n) is 32.6. The number of alkyl halides is 1. The van der Waals surface area contributed by atoms with E-state index in [1.807, 2.05) is 0 Å². The minimum Gasteiger partial charge on any atom is -0.480 e. The number of carbonyl (C=O) groups is 4. The highest BCUT2D eigenvalue weighted by molar-refractivity contribution is 8.00. The van der Waals surface area contributed by atoms with Crippen molar-refractivity contribution < 1.29 is 61.2 Å². The van der Waals surface area contributed by atoms with Crippen LogP contribution in [0.5, 0.6) is 5.75 Å². The number of amides is 2. The van der Waals surface area contributed by atoms with Crippen LogP contribution in [-0.2, 0) is 32.8 Å². The van der Waals surface area contributed by atoms with E-state index in [4.69, 9.17) is 28.0 Å². The molecule has 0 saturated carbocycles. The van der Waals surface area contributed by atoms with E-state index in [0.717, 1.165) is 28.6 Å². The molecule has 1 aromatic heterocycles. The van der Waals surface area contributed by atoms with Gasteiger partial charge in [0.2, 0.25) is 0 Å². The van der Waals surface area contributed by atoms with Gasteiger partial charge in [-0.05, 0) is 86.4 Å². The summed E-state index contributed by atoms with van der Waals surface area (Å²) >= 11 is 0.748. The van der Waals surface area contributed by atoms with Gasteiger partial charge in [-0.1, -0.05) is 32.0 Å². The molecule has 2 heterocycles. The summed E-state index contributed by atoms with van der Waals surface area (Å²) in [6.07, 6.45) is -6.37. The van der Waals surface area contributed by atoms with Crippen LogP contribution in [0.25, 0.3) is 0 Å². The Morgan fingerprint density at radius 3 is 1.96 bits per heavy atom. The fraction of sp³-hybridized carbons (Fsp3) is 0.600. The Balaban J connectivity index is 2.02. The molecular formula is C35H50FN4O13PS. The number of hydrogen-bond acceptors (Lipinski definition) is 14. The standard InChI is InChI=1S/C35H50FN4O13PS/c1-20(2)25(28(41)42)38-54(47,53-21-15-13-12-14-16-21)48-19-22-26(49-32(46)52-35(9,10)11)24(36)27(55-22)39-18-17-23(37-29(39)43)40(30(44)50-33(3,4)5)31(45)51-34(6,7)8/h12-18,20,22,24-27H,19H2,1-11H3,(H,38,47)(H,41,42)/t22-,24+,25?,26-,27-,54?/m1/s1. The summed E-state index contributed by atoms with van der Waals surface area (Å²) < 4.78 is 64.2. The van der Waals surface area contributed by atoms with Crippen molar-refractivity contribution in [2.75, 3.05) is 11.5 Å². The minimum atomic E-state index is -4.55. The average Bonchev–Trinajstić information content (AvgIpc) is 3.30. The van der Waals surface area contributed by atoms with Crippen LogP contribution in [0, 0.1) is 5.92 Å². The van der Waals surface area contributed by atoms with E-state index in [2.05, 4.69) is 10.1 Å². The van der Waals surface area contributed by atoms with Gasteiger partial charge in [-0.15, -0.1) is 11.8 Å². The van der Waals surface area contributed by atoms with Crippen LogP contribution in [0.4, 0.5) is 24.6 Å². The largest absolute Gasteiger partial charge is 0.509 e. The molecule has 306 valence electrons. The number of para-hydroxylation sites is 1. The number of nitrogens with zero attached hydrogens (tertiary/aromatic N) is 3. The number of halogens is 1. The predicted octanol–water partition coefficient (Wildman–Crippen LogP) is 7.09. The zero-order valence-corrected chi connectivity index (χ0v) is 34.3. The number of nitrogens with one attached hydrogen (secondary N) is 1. The third-order valence-electron chi connectivity index (χ3n) is 6.97. The van der Waals surface area contributed by atoms with Gasteiger partial charge in [0.15, 0.2) is 18.1 Å². The van der Waals surface area contributed by atoms with Crippen molar-refractivity contribution in [3.8, 4) is 5.75 Å². The van der Waals surface area contributed by atoms with Crippen LogP contribution in [-0.4, -0.2) is 85.9 Å². The number of imide groups is 1. The molecule has 55 heavy (non-hydrogen) atoms. The Morgan fingerprint density at radius 2 is 1.49 bits per heavy atom. The molecule has 1 fully saturated rings. The normalized spacial score (nSPS) is 20.5. The van der Waals surface area contributed by atoms with E-state index in [-0.39, 0.29) is 5.75 Å². The maximum atomic E-state index is 16.5. The molecule has 20 heteroatoms. The third-order valence-corrected chi connectivity index (χ3v) is 10.0. The molecule has 0 bridgehead atoms. The van der Waals surface area contributed by atoms with Crippen LogP contribution >= 0.6 is 19.5 Å². The van der Waals surface area contributed by atoms with E-state index >= 15 is 4.39 Å². The summed E-state index contributed by atoms with van der Waals surface area (Å²) in [7, 11) is -4.55. The number of benzene rings is 1. The van der Waals surface area contributed by atoms with Crippen LogP contribution < -0.4 is 20.2 Å². The van der Waals surface area contributed by atoms with Crippen molar-refractivity contribution in [3.63, 3.8) is 0 Å². The van der Waals surface area contributed by atoms with E-state index in [1.54, 1.807) is 94.4 Å². The second-order valence-corrected chi connectivity index (χ2v) is 18.8. The van der Waals surface area contributed by atoms with Crippen molar-refractivity contribution in [3.05, 3.63) is 53.1 Å². The Kier molecular flexibility index (Phi) is 14.6. The summed E-state index contributed by atoms with van der Waals surface area (Å²) in [6.45, 7) is 16.6. The number of anilines is 1. The van der Waals surface area contributed by atoms with Crippen molar-refractivity contribution in [1.82, 2.24) is 14.6 Å². The van der Waals surface area contributed by atoms with Gasteiger partial charge in [0.1, 0.15) is 34.0 Å². The average molecular weight is 817 g/mol. The van der Waals surface area contributed by atoms with Crippen LogP contribution in [0.2, 0.25) is 0 Å². The van der Waals surface area contributed by atoms with Crippen LogP contribution in [0.15, 0.2) is 47.4 Å². The first kappa shape index (κ1) is 45.2. The summed E-state index contributed by atoms with van der Waals surface area (Å²) in [5.74, 6) is -2.33. The number of carbonyl (C=O) groups excluding carboxylic acids is 3. The molecule has 1 aromatic carbocycles. The second-order valence-electron chi connectivity index (χ2n) is 15.7. The monoisotopic (exact) mass is 816 g/mol. The van der Waals surface area contributed by atoms with Crippen LogP contribution in [0.1, 0.15) is 81.5 Å². The molecule has 2 N–H and O–H groups in total. The van der Waals surface area contributed by atoms with Crippen molar-refractivity contribution >= 4 is 49.6 Å². The molecule has 17 nitrogen and oxygen atoms in total. The highest BCUT2D eigenvalue weighted by Gasteiger charge is 2.50. The maximum absolute atomic E-state index is 16.5. The van der Waals surface area contributed by atoms with E-state index < -0.39 is 102 Å². The minimum absolute atomic E-state index is 0.0672. The van der Waals surface area contributed by atoms with Crippen molar-refractivity contribution in [2.24, 2.45) is 5.92 Å². The van der Waals surface area contributed by atoms with Gasteiger partial charge in [-0.3, -0.25) is 13.9 Å². The predicted molar refractivity (Wildman–Crippen MR) is 200 cm³/mol. The molecule has 0 spiro atoms. The van der Waals surface area contributed by atoms with Gasteiger partial charge >= 0.3 is 37.7 Å². The fourth-order valence-electron chi connectivity index (χ4n) is 4.72. The van der Waals surface area contributed by atoms with Gasteiger partial charge in [-0.2, -0.15) is 15.0 Å². The maximum Gasteiger partial charge on any atom is 0.509 e. The molecule has 1 saturated heterocycles. The number of ether oxygens (including phenoxy) is 4. The summed E-state index contributed by atoms with van der Waals surface area (Å²) in [4.78, 5) is 69.0. The van der Waals surface area contributed by atoms with Crippen LogP contribution in [0.3, 0.4) is 0 Å². The number of hydrogen-bond donors (Lipinski definition) is 2. The first-order chi connectivity index (χ1) is 25.2. The Labute approximate surface area is 323 Å². The topological polar surface area (TPSA) is 211 Å². The summed E-state index contributed by atoms with van der Waals surface area (Å²) in [6, 6.07) is 7.47. The summed E-state index contributed by atoms with van der Waals surface area (Å²) in [5, 5.41) is 9.60. The lowest BCUT2D eigenvalue weighted by molar-refractivity contribution is -0.140. The van der Waals surface area contributed by atoms with E-state index in [0.29, 0.717) is 4.90 Å². The Morgan fingerprint density at radius 1 is 0.945 bits per heavy atom. The SMILES string of the molecule is CC(C)C(NP(=O)(OC[C@H]1S[C@@H](n2ccc(N(C(=O)OC(C)(C)C)C(=O)OC(C)(C)C)nc2=O)[C@@H](F)[C@@H]1OC(=O)OC(C)(C)C)Oc1ccccc1)C(=O)O. The van der Waals surface area contributed by atoms with Gasteiger partial charge in [0.25, 0.3) is 0 Å². The molecule has 0 radical (unpaired) electrons. The molecule has 3 rings (SSSR count). The number of rotatable bonds is 12.